The number of ether oxygens (including phenoxy) is 2. The molecule has 3 aromatic rings. The van der Waals surface area contributed by atoms with Gasteiger partial charge in [-0.05, 0) is 68.3 Å². The Morgan fingerprint density at radius 2 is 2.00 bits per heavy atom. The highest BCUT2D eigenvalue weighted by Crippen LogP contribution is 2.29. The minimum absolute atomic E-state index is 0.197. The normalized spacial score (nSPS) is 13.3. The molecular weight excluding hydrogens is 422 g/mol. The fourth-order valence-corrected chi connectivity index (χ4v) is 3.59. The molecule has 0 aliphatic carbocycles. The lowest BCUT2D eigenvalue weighted by Crippen LogP contribution is -2.32. The van der Waals surface area contributed by atoms with E-state index in [1.54, 1.807) is 43.5 Å². The van der Waals surface area contributed by atoms with Crippen molar-refractivity contribution in [3.8, 4) is 11.5 Å². The largest absolute Gasteiger partial charge is 0.493 e. The monoisotopic (exact) mass is 447 g/mol. The molecule has 1 aliphatic rings. The number of rotatable bonds is 7. The van der Waals surface area contributed by atoms with Gasteiger partial charge >= 0.3 is 0 Å². The van der Waals surface area contributed by atoms with Crippen LogP contribution in [0.25, 0.3) is 0 Å². The van der Waals surface area contributed by atoms with E-state index in [2.05, 4.69) is 10.4 Å². The SMILES string of the molecule is CCOc1cc(C2=NN(C(=O)c3cccc(NC(=O)c4ccco4)c3)CCC2)ccc1OC. The summed E-state index contributed by atoms with van der Waals surface area (Å²) in [6.07, 6.45) is 2.97. The van der Waals surface area contributed by atoms with Crippen LogP contribution in [0.5, 0.6) is 11.5 Å². The molecule has 1 aliphatic heterocycles. The molecule has 0 atom stereocenters. The van der Waals surface area contributed by atoms with E-state index in [1.165, 1.54) is 11.3 Å². The molecule has 1 N–H and O–H groups in total. The topological polar surface area (TPSA) is 93.4 Å². The Morgan fingerprint density at radius 1 is 1.12 bits per heavy atom. The lowest BCUT2D eigenvalue weighted by atomic mass is 10.0. The first-order chi connectivity index (χ1) is 16.1. The van der Waals surface area contributed by atoms with Crippen LogP contribution in [-0.2, 0) is 0 Å². The van der Waals surface area contributed by atoms with E-state index < -0.39 is 0 Å². The molecule has 8 heteroatoms. The first-order valence-electron chi connectivity index (χ1n) is 10.7. The molecule has 8 nitrogen and oxygen atoms in total. The molecule has 0 saturated carbocycles. The van der Waals surface area contributed by atoms with E-state index in [0.717, 1.165) is 24.1 Å². The highest BCUT2D eigenvalue weighted by atomic mass is 16.5. The summed E-state index contributed by atoms with van der Waals surface area (Å²) in [5, 5.41) is 8.83. The third-order valence-corrected chi connectivity index (χ3v) is 5.17. The molecule has 0 unspecified atom stereocenters. The number of amides is 2. The molecule has 0 fully saturated rings. The van der Waals surface area contributed by atoms with E-state index in [-0.39, 0.29) is 17.6 Å². The number of anilines is 1. The summed E-state index contributed by atoms with van der Waals surface area (Å²) in [6.45, 7) is 2.94. The first-order valence-corrected chi connectivity index (χ1v) is 10.7. The lowest BCUT2D eigenvalue weighted by molar-refractivity contribution is 0.0751. The van der Waals surface area contributed by atoms with Crippen molar-refractivity contribution in [2.45, 2.75) is 19.8 Å². The zero-order valence-corrected chi connectivity index (χ0v) is 18.5. The van der Waals surface area contributed by atoms with Crippen molar-refractivity contribution in [1.29, 1.82) is 0 Å². The second kappa shape index (κ2) is 10.0. The molecule has 1 aromatic heterocycles. The third-order valence-electron chi connectivity index (χ3n) is 5.17. The van der Waals surface area contributed by atoms with Crippen molar-refractivity contribution in [2.24, 2.45) is 5.10 Å². The Kier molecular flexibility index (Phi) is 6.73. The number of carbonyl (C=O) groups excluding carboxylic acids is 2. The maximum Gasteiger partial charge on any atom is 0.291 e. The summed E-state index contributed by atoms with van der Waals surface area (Å²) >= 11 is 0. The Morgan fingerprint density at radius 3 is 2.76 bits per heavy atom. The predicted octanol–water partition coefficient (Wildman–Crippen LogP) is 4.58. The average molecular weight is 447 g/mol. The molecule has 2 heterocycles. The Labute approximate surface area is 191 Å². The minimum Gasteiger partial charge on any atom is -0.493 e. The van der Waals surface area contributed by atoms with Gasteiger partial charge in [-0.3, -0.25) is 9.59 Å². The summed E-state index contributed by atoms with van der Waals surface area (Å²) < 4.78 is 16.1. The Balaban J connectivity index is 1.53. The zero-order chi connectivity index (χ0) is 23.2. The number of benzene rings is 2. The molecular formula is C25H25N3O5. The second-order valence-electron chi connectivity index (χ2n) is 7.39. The number of furan rings is 1. The van der Waals surface area contributed by atoms with Gasteiger partial charge in [-0.1, -0.05) is 6.07 Å². The standard InChI is InChI=1S/C25H25N3O5/c1-3-32-23-16-17(11-12-21(23)31-2)20-9-5-13-28(27-20)25(30)18-7-4-8-19(15-18)26-24(29)22-10-6-14-33-22/h4,6-8,10-12,14-16H,3,5,9,13H2,1-2H3,(H,26,29). The second-order valence-corrected chi connectivity index (χ2v) is 7.39. The number of carbonyl (C=O) groups is 2. The van der Waals surface area contributed by atoms with Crippen LogP contribution >= 0.6 is 0 Å². The van der Waals surface area contributed by atoms with Crippen LogP contribution in [0, 0.1) is 0 Å². The molecule has 2 aromatic carbocycles. The van der Waals surface area contributed by atoms with Gasteiger partial charge in [0.15, 0.2) is 17.3 Å². The van der Waals surface area contributed by atoms with Crippen LogP contribution in [0.4, 0.5) is 5.69 Å². The summed E-state index contributed by atoms with van der Waals surface area (Å²) in [7, 11) is 1.60. The quantitative estimate of drug-likeness (QED) is 0.572. The maximum absolute atomic E-state index is 13.2. The Hall–Kier alpha value is -4.07. The van der Waals surface area contributed by atoms with Gasteiger partial charge in [0.25, 0.3) is 11.8 Å². The number of nitrogens with one attached hydrogen (secondary N) is 1. The van der Waals surface area contributed by atoms with Crippen LogP contribution in [0.2, 0.25) is 0 Å². The van der Waals surface area contributed by atoms with Gasteiger partial charge in [0, 0.05) is 23.4 Å². The van der Waals surface area contributed by atoms with E-state index >= 15 is 0 Å². The molecule has 2 amide bonds. The van der Waals surface area contributed by atoms with Crippen molar-refractivity contribution >= 4 is 23.2 Å². The van der Waals surface area contributed by atoms with Crippen molar-refractivity contribution in [2.75, 3.05) is 25.6 Å². The number of methoxy groups -OCH3 is 1. The van der Waals surface area contributed by atoms with E-state index in [4.69, 9.17) is 13.9 Å². The number of hydrogen-bond donors (Lipinski definition) is 1. The molecule has 0 bridgehead atoms. The average Bonchev–Trinajstić information content (AvgIpc) is 3.39. The van der Waals surface area contributed by atoms with Gasteiger partial charge in [0.2, 0.25) is 0 Å². The number of hydrazone groups is 1. The molecule has 33 heavy (non-hydrogen) atoms. The molecule has 0 saturated heterocycles. The van der Waals surface area contributed by atoms with E-state index in [1.807, 2.05) is 25.1 Å². The Bertz CT molecular complexity index is 1170. The molecule has 170 valence electrons. The smallest absolute Gasteiger partial charge is 0.291 e. The van der Waals surface area contributed by atoms with Gasteiger partial charge in [0.05, 0.1) is 25.7 Å². The van der Waals surface area contributed by atoms with E-state index in [0.29, 0.717) is 35.9 Å². The number of nitrogens with zero attached hydrogens (tertiary/aromatic N) is 2. The van der Waals surface area contributed by atoms with Crippen LogP contribution in [0.3, 0.4) is 0 Å². The van der Waals surface area contributed by atoms with Gasteiger partial charge in [-0.25, -0.2) is 5.01 Å². The van der Waals surface area contributed by atoms with Crippen LogP contribution < -0.4 is 14.8 Å². The molecule has 0 spiro atoms. The summed E-state index contributed by atoms with van der Waals surface area (Å²) in [5.74, 6) is 0.872. The highest BCUT2D eigenvalue weighted by Gasteiger charge is 2.22. The minimum atomic E-state index is -0.382. The third kappa shape index (κ3) is 5.06. The fraction of sp³-hybridized carbons (Fsp3) is 0.240. The highest BCUT2D eigenvalue weighted by molar-refractivity contribution is 6.05. The molecule has 0 radical (unpaired) electrons. The zero-order valence-electron chi connectivity index (χ0n) is 18.5. The van der Waals surface area contributed by atoms with Crippen LogP contribution in [0.15, 0.2) is 70.4 Å². The summed E-state index contributed by atoms with van der Waals surface area (Å²) in [5.41, 5.74) is 2.62. The van der Waals surface area contributed by atoms with Gasteiger partial charge in [0.1, 0.15) is 0 Å². The van der Waals surface area contributed by atoms with Gasteiger partial charge in [-0.2, -0.15) is 5.10 Å². The van der Waals surface area contributed by atoms with Gasteiger partial charge in [-0.15, -0.1) is 0 Å². The summed E-state index contributed by atoms with van der Waals surface area (Å²) in [6, 6.07) is 15.6. The first kappa shape index (κ1) is 22.1. The van der Waals surface area contributed by atoms with Crippen LogP contribution in [-0.4, -0.2) is 42.8 Å². The van der Waals surface area contributed by atoms with Crippen LogP contribution in [0.1, 0.15) is 46.2 Å². The molecule has 4 rings (SSSR count). The summed E-state index contributed by atoms with van der Waals surface area (Å²) in [4.78, 5) is 25.4. The lowest BCUT2D eigenvalue weighted by Gasteiger charge is -2.24. The van der Waals surface area contributed by atoms with Crippen molar-refractivity contribution < 1.29 is 23.5 Å². The maximum atomic E-state index is 13.2. The van der Waals surface area contributed by atoms with Crippen molar-refractivity contribution in [1.82, 2.24) is 5.01 Å². The fourth-order valence-electron chi connectivity index (χ4n) is 3.59. The number of hydrogen-bond acceptors (Lipinski definition) is 6. The van der Waals surface area contributed by atoms with Crippen molar-refractivity contribution in [3.63, 3.8) is 0 Å². The predicted molar refractivity (Wildman–Crippen MR) is 124 cm³/mol. The van der Waals surface area contributed by atoms with E-state index in [9.17, 15) is 9.59 Å². The van der Waals surface area contributed by atoms with Crippen molar-refractivity contribution in [3.05, 3.63) is 77.7 Å². The van der Waals surface area contributed by atoms with Gasteiger partial charge < -0.3 is 19.2 Å².